The van der Waals surface area contributed by atoms with Crippen LogP contribution in [0.25, 0.3) is 0 Å². The molecule has 3 rings (SSSR count). The number of nitrogens with zero attached hydrogens (tertiary/aromatic N) is 2. The molecule has 2 amide bonds. The summed E-state index contributed by atoms with van der Waals surface area (Å²) in [5, 5.41) is 2.49. The number of halogens is 4. The minimum atomic E-state index is -4.97. The van der Waals surface area contributed by atoms with Crippen LogP contribution in [0.2, 0.25) is 0 Å². The number of amides is 2. The van der Waals surface area contributed by atoms with E-state index in [4.69, 9.17) is 0 Å². The predicted octanol–water partition coefficient (Wildman–Crippen LogP) is 4.27. The van der Waals surface area contributed by atoms with Crippen LogP contribution < -0.4 is 5.32 Å². The highest BCUT2D eigenvalue weighted by Crippen LogP contribution is 2.36. The maximum Gasteiger partial charge on any atom is 0.419 e. The lowest BCUT2D eigenvalue weighted by molar-refractivity contribution is -0.140. The second kappa shape index (κ2) is 11.3. The highest BCUT2D eigenvalue weighted by molar-refractivity contribution is 7.92. The Morgan fingerprint density at radius 3 is 2.36 bits per heavy atom. The fourth-order valence-electron chi connectivity index (χ4n) is 5.43. The first-order valence-corrected chi connectivity index (χ1v) is 14.9. The van der Waals surface area contributed by atoms with Crippen LogP contribution >= 0.6 is 0 Å². The molecule has 1 aliphatic heterocycles. The summed E-state index contributed by atoms with van der Waals surface area (Å²) < 4.78 is 78.3. The molecule has 1 N–H and O–H groups in total. The van der Waals surface area contributed by atoms with Crippen LogP contribution in [-0.2, 0) is 20.8 Å². The molecule has 0 radical (unpaired) electrons. The number of carbonyl (C=O) groups excluding carboxylic acids is 2. The maximum absolute atomic E-state index is 13.6. The van der Waals surface area contributed by atoms with E-state index in [9.17, 15) is 35.6 Å². The number of hydrogen-bond acceptors (Lipinski definition) is 5. The fraction of sp³-hybridized carbons (Fsp3) is 0.704. The summed E-state index contributed by atoms with van der Waals surface area (Å²) in [7, 11) is -1.47. The minimum Gasteiger partial charge on any atom is -0.340 e. The second-order valence-electron chi connectivity index (χ2n) is 12.0. The Hall–Kier alpha value is -2.21. The number of carbonyl (C=O) groups is 2. The molecule has 0 aromatic heterocycles. The first-order chi connectivity index (χ1) is 17.8. The molecule has 1 aliphatic carbocycles. The van der Waals surface area contributed by atoms with Crippen LogP contribution in [0.15, 0.2) is 18.2 Å². The van der Waals surface area contributed by atoms with E-state index in [0.717, 1.165) is 12.5 Å². The van der Waals surface area contributed by atoms with Crippen molar-refractivity contribution in [1.82, 2.24) is 15.1 Å². The van der Waals surface area contributed by atoms with Crippen molar-refractivity contribution in [2.24, 2.45) is 5.92 Å². The molecule has 1 aromatic carbocycles. The van der Waals surface area contributed by atoms with E-state index in [2.05, 4.69) is 24.1 Å². The Balaban J connectivity index is 1.79. The number of hydrogen-bond donors (Lipinski definition) is 1. The molecule has 1 saturated heterocycles. The highest BCUT2D eigenvalue weighted by Gasteiger charge is 2.45. The van der Waals surface area contributed by atoms with Crippen molar-refractivity contribution < 1.29 is 35.6 Å². The third-order valence-corrected chi connectivity index (χ3v) is 10.9. The van der Waals surface area contributed by atoms with E-state index < -0.39 is 49.7 Å². The lowest BCUT2D eigenvalue weighted by Crippen LogP contribution is -2.53. The van der Waals surface area contributed by atoms with E-state index in [1.54, 1.807) is 25.7 Å². The van der Waals surface area contributed by atoms with Gasteiger partial charge in [0.05, 0.1) is 16.1 Å². The van der Waals surface area contributed by atoms with Crippen molar-refractivity contribution in [2.45, 2.75) is 95.4 Å². The second-order valence-corrected chi connectivity index (χ2v) is 14.8. The normalized spacial score (nSPS) is 25.0. The lowest BCUT2D eigenvalue weighted by atomic mass is 9.81. The van der Waals surface area contributed by atoms with E-state index in [-0.39, 0.29) is 42.1 Å². The molecule has 2 aliphatic rings. The summed E-state index contributed by atoms with van der Waals surface area (Å²) in [6, 6.07) is 1.08. The van der Waals surface area contributed by atoms with Crippen LogP contribution in [0.1, 0.15) is 76.2 Å². The van der Waals surface area contributed by atoms with Gasteiger partial charge in [-0.15, -0.1) is 0 Å². The molecule has 12 heteroatoms. The predicted molar refractivity (Wildman–Crippen MR) is 140 cm³/mol. The summed E-state index contributed by atoms with van der Waals surface area (Å²) in [5.74, 6) is -3.16. The Morgan fingerprint density at radius 1 is 1.15 bits per heavy atom. The quantitative estimate of drug-likeness (QED) is 0.490. The molecule has 0 spiro atoms. The number of alkyl halides is 3. The van der Waals surface area contributed by atoms with Crippen LogP contribution in [-0.4, -0.2) is 78.3 Å². The molecule has 0 bridgehead atoms. The number of benzene rings is 1. The number of rotatable bonds is 7. The summed E-state index contributed by atoms with van der Waals surface area (Å²) in [6.07, 6.45) is -2.74. The van der Waals surface area contributed by atoms with Crippen molar-refractivity contribution in [3.05, 3.63) is 35.1 Å². The molecule has 1 unspecified atom stereocenters. The van der Waals surface area contributed by atoms with E-state index in [1.165, 1.54) is 0 Å². The van der Waals surface area contributed by atoms with Crippen molar-refractivity contribution in [1.29, 1.82) is 0 Å². The molecule has 1 saturated carbocycles. The van der Waals surface area contributed by atoms with Gasteiger partial charge in [0.15, 0.2) is 9.84 Å². The van der Waals surface area contributed by atoms with Gasteiger partial charge >= 0.3 is 6.18 Å². The van der Waals surface area contributed by atoms with Gasteiger partial charge in [-0.3, -0.25) is 9.59 Å². The molecular weight excluding hydrogens is 538 g/mol. The van der Waals surface area contributed by atoms with Gasteiger partial charge in [-0.2, -0.15) is 13.2 Å². The zero-order valence-electron chi connectivity index (χ0n) is 23.3. The third-order valence-electron chi connectivity index (χ3n) is 8.15. The van der Waals surface area contributed by atoms with Gasteiger partial charge in [-0.25, -0.2) is 12.8 Å². The van der Waals surface area contributed by atoms with Gasteiger partial charge in [0.2, 0.25) is 5.91 Å². The highest BCUT2D eigenvalue weighted by atomic mass is 32.2. The van der Waals surface area contributed by atoms with Crippen molar-refractivity contribution >= 4 is 21.7 Å². The molecule has 2 fully saturated rings. The Bertz CT molecular complexity index is 1180. The van der Waals surface area contributed by atoms with Crippen LogP contribution in [0.3, 0.4) is 0 Å². The average molecular weight is 578 g/mol. The number of likely N-dealkylation sites (tertiary alicyclic amines) is 1. The van der Waals surface area contributed by atoms with Gasteiger partial charge < -0.3 is 15.1 Å². The molecule has 1 heterocycles. The number of nitrogens with one attached hydrogen (secondary N) is 1. The van der Waals surface area contributed by atoms with E-state index in [1.807, 2.05) is 7.05 Å². The fourth-order valence-corrected chi connectivity index (χ4v) is 6.85. The van der Waals surface area contributed by atoms with Gasteiger partial charge in [0, 0.05) is 30.2 Å². The van der Waals surface area contributed by atoms with Crippen LogP contribution in [0.4, 0.5) is 17.6 Å². The van der Waals surface area contributed by atoms with E-state index in [0.29, 0.717) is 31.5 Å². The monoisotopic (exact) mass is 577 g/mol. The average Bonchev–Trinajstić information content (AvgIpc) is 3.16. The van der Waals surface area contributed by atoms with Crippen LogP contribution in [0.5, 0.6) is 0 Å². The molecular formula is C27H39F4N3O4S. The first-order valence-electron chi connectivity index (χ1n) is 13.3. The Kier molecular flexibility index (Phi) is 9.11. The summed E-state index contributed by atoms with van der Waals surface area (Å²) >= 11 is 0. The van der Waals surface area contributed by atoms with Crippen molar-refractivity contribution in [2.75, 3.05) is 19.3 Å². The molecule has 1 aromatic rings. The standard InChI is InChI=1S/C27H39F4N3O4S/c1-16(2)33(6)19-8-10-23(18(13-19)15-39(37,38)26(3,4)5)34-12-11-22(25(34)36)32-24(35)17-7-9-21(28)20(14-17)27(29,30)31/h7,9,14,16,18-19,22-23H,8,10-13,15H2,1-6H3,(H,32,35)/t18-,19+,22?,23-/m0/s1. The largest absolute Gasteiger partial charge is 0.419 e. The van der Waals surface area contributed by atoms with Gasteiger partial charge in [-0.1, -0.05) is 0 Å². The zero-order chi connectivity index (χ0) is 29.5. The molecule has 220 valence electrons. The van der Waals surface area contributed by atoms with E-state index >= 15 is 0 Å². The maximum atomic E-state index is 13.6. The minimum absolute atomic E-state index is 0.0692. The van der Waals surface area contributed by atoms with Crippen molar-refractivity contribution in [3.8, 4) is 0 Å². The Morgan fingerprint density at radius 2 is 1.79 bits per heavy atom. The van der Waals surface area contributed by atoms with Crippen LogP contribution in [0, 0.1) is 11.7 Å². The van der Waals surface area contributed by atoms with Crippen molar-refractivity contribution in [3.63, 3.8) is 0 Å². The molecule has 4 atom stereocenters. The van der Waals surface area contributed by atoms with Gasteiger partial charge in [0.25, 0.3) is 5.91 Å². The number of sulfone groups is 1. The Labute approximate surface area is 228 Å². The summed E-state index contributed by atoms with van der Waals surface area (Å²) in [5.41, 5.74) is -1.96. The first kappa shape index (κ1) is 31.3. The zero-order valence-corrected chi connectivity index (χ0v) is 24.1. The molecule has 7 nitrogen and oxygen atoms in total. The lowest BCUT2D eigenvalue weighted by Gasteiger charge is -2.45. The summed E-state index contributed by atoms with van der Waals surface area (Å²) in [4.78, 5) is 30.0. The van der Waals surface area contributed by atoms with Gasteiger partial charge in [0.1, 0.15) is 11.9 Å². The van der Waals surface area contributed by atoms with Gasteiger partial charge in [-0.05, 0) is 91.5 Å². The topological polar surface area (TPSA) is 86.8 Å². The molecule has 39 heavy (non-hydrogen) atoms. The smallest absolute Gasteiger partial charge is 0.340 e. The summed E-state index contributed by atoms with van der Waals surface area (Å²) in [6.45, 7) is 9.41. The third kappa shape index (κ3) is 6.93. The SMILES string of the molecule is CC(C)N(C)[C@@H]1CC[C@H](N2CCC(NC(=O)c3ccc(F)c(C(F)(F)F)c3)C2=O)[C@H](CS(=O)(=O)C(C)(C)C)C1.